The minimum absolute atomic E-state index is 0.898. The van der Waals surface area contributed by atoms with Gasteiger partial charge in [0.15, 0.2) is 0 Å². The molecule has 0 spiro atoms. The lowest BCUT2D eigenvalue weighted by Gasteiger charge is -2.25. The molecule has 0 bridgehead atoms. The molecule has 0 heterocycles. The number of hydrogen-bond acceptors (Lipinski definition) is 1. The second kappa shape index (κ2) is 1.98. The van der Waals surface area contributed by atoms with Crippen LogP contribution in [0.1, 0.15) is 25.7 Å². The topological polar surface area (TPSA) is 12.0 Å². The van der Waals surface area contributed by atoms with Gasteiger partial charge in [-0.05, 0) is 25.3 Å². The third-order valence-electron chi connectivity index (χ3n) is 2.97. The summed E-state index contributed by atoms with van der Waals surface area (Å²) in [5.74, 6) is 2.19. The Morgan fingerprint density at radius 3 is 2.44 bits per heavy atom. The number of hydrogen-bond donors (Lipinski definition) is 1. The van der Waals surface area contributed by atoms with Gasteiger partial charge in [-0.2, -0.15) is 0 Å². The zero-order chi connectivity index (χ0) is 6.27. The molecule has 0 aromatic rings. The van der Waals surface area contributed by atoms with Crippen LogP contribution in [0.25, 0.3) is 0 Å². The molecule has 0 aromatic heterocycles. The van der Waals surface area contributed by atoms with Crippen LogP contribution in [-0.4, -0.2) is 13.1 Å². The van der Waals surface area contributed by atoms with Gasteiger partial charge < -0.3 is 5.32 Å². The van der Waals surface area contributed by atoms with E-state index < -0.39 is 0 Å². The van der Waals surface area contributed by atoms with E-state index in [1.165, 1.54) is 25.7 Å². The molecule has 2 atom stereocenters. The van der Waals surface area contributed by atoms with Gasteiger partial charge in [-0.25, -0.2) is 0 Å². The number of nitrogens with one attached hydrogen (secondary N) is 1. The van der Waals surface area contributed by atoms with Crippen LogP contribution in [0.4, 0.5) is 0 Å². The van der Waals surface area contributed by atoms with E-state index in [-0.39, 0.29) is 0 Å². The van der Waals surface area contributed by atoms with Gasteiger partial charge in [-0.1, -0.05) is 19.3 Å². The summed E-state index contributed by atoms with van der Waals surface area (Å²) in [6.45, 7) is 0. The molecule has 52 valence electrons. The second-order valence-corrected chi connectivity index (χ2v) is 3.49. The summed E-state index contributed by atoms with van der Waals surface area (Å²) in [6.07, 6.45) is 5.99. The Labute approximate surface area is 56.8 Å². The smallest absolute Gasteiger partial charge is 0.00988 e. The molecule has 2 fully saturated rings. The minimum atomic E-state index is 0.898. The summed E-state index contributed by atoms with van der Waals surface area (Å²) in [5, 5.41) is 3.34. The molecule has 2 saturated carbocycles. The van der Waals surface area contributed by atoms with Crippen molar-refractivity contribution in [1.29, 1.82) is 0 Å². The summed E-state index contributed by atoms with van der Waals surface area (Å²) in [7, 11) is 2.09. The molecule has 2 aliphatic rings. The summed E-state index contributed by atoms with van der Waals surface area (Å²) in [4.78, 5) is 0. The van der Waals surface area contributed by atoms with Gasteiger partial charge in [-0.3, -0.25) is 0 Å². The first-order valence-electron chi connectivity index (χ1n) is 4.09. The van der Waals surface area contributed by atoms with Gasteiger partial charge in [0.2, 0.25) is 0 Å². The maximum atomic E-state index is 3.34. The highest BCUT2D eigenvalue weighted by Gasteiger charge is 2.43. The van der Waals surface area contributed by atoms with E-state index in [1.54, 1.807) is 0 Å². The van der Waals surface area contributed by atoms with Crippen LogP contribution < -0.4 is 5.32 Å². The molecule has 1 nitrogen and oxygen atoms in total. The van der Waals surface area contributed by atoms with Crippen LogP contribution in [0.15, 0.2) is 0 Å². The molecule has 0 aliphatic heterocycles. The van der Waals surface area contributed by atoms with E-state index in [4.69, 9.17) is 0 Å². The second-order valence-electron chi connectivity index (χ2n) is 3.49. The van der Waals surface area contributed by atoms with Gasteiger partial charge >= 0.3 is 0 Å². The highest BCUT2D eigenvalue weighted by molar-refractivity contribution is 4.98. The normalized spacial score (nSPS) is 42.3. The quantitative estimate of drug-likeness (QED) is 0.588. The fourth-order valence-corrected chi connectivity index (χ4v) is 1.94. The van der Waals surface area contributed by atoms with Crippen molar-refractivity contribution < 1.29 is 0 Å². The molecule has 2 aliphatic carbocycles. The van der Waals surface area contributed by atoms with Crippen molar-refractivity contribution in [3.63, 3.8) is 0 Å². The highest BCUT2D eigenvalue weighted by atomic mass is 14.9. The van der Waals surface area contributed by atoms with Gasteiger partial charge in [-0.15, -0.1) is 0 Å². The molecule has 2 rings (SSSR count). The number of rotatable bonds is 2. The van der Waals surface area contributed by atoms with Crippen LogP contribution in [0.3, 0.4) is 0 Å². The summed E-state index contributed by atoms with van der Waals surface area (Å²) in [6, 6.07) is 0.898. The van der Waals surface area contributed by atoms with Crippen molar-refractivity contribution >= 4 is 0 Å². The van der Waals surface area contributed by atoms with Gasteiger partial charge in [0.05, 0.1) is 0 Å². The van der Waals surface area contributed by atoms with Crippen molar-refractivity contribution in [3.05, 3.63) is 0 Å². The summed E-state index contributed by atoms with van der Waals surface area (Å²) in [5.41, 5.74) is 0. The van der Waals surface area contributed by atoms with E-state index >= 15 is 0 Å². The predicted octanol–water partition coefficient (Wildman–Crippen LogP) is 1.39. The molecule has 2 unspecified atom stereocenters. The van der Waals surface area contributed by atoms with Gasteiger partial charge in [0.1, 0.15) is 0 Å². The summed E-state index contributed by atoms with van der Waals surface area (Å²) >= 11 is 0. The minimum Gasteiger partial charge on any atom is -0.317 e. The fraction of sp³-hybridized carbons (Fsp3) is 1.00. The van der Waals surface area contributed by atoms with Crippen molar-refractivity contribution in [2.45, 2.75) is 31.7 Å². The van der Waals surface area contributed by atoms with Crippen LogP contribution in [0.2, 0.25) is 0 Å². The van der Waals surface area contributed by atoms with E-state index in [2.05, 4.69) is 12.4 Å². The van der Waals surface area contributed by atoms with Crippen LogP contribution in [0.5, 0.6) is 0 Å². The van der Waals surface area contributed by atoms with E-state index in [1.807, 2.05) is 0 Å². The Bertz CT molecular complexity index is 107. The van der Waals surface area contributed by atoms with Crippen molar-refractivity contribution in [2.75, 3.05) is 7.05 Å². The van der Waals surface area contributed by atoms with E-state index in [9.17, 15) is 0 Å². The molecular formula is C8H15N. The molecule has 9 heavy (non-hydrogen) atoms. The SMILES string of the molecule is CNC1CC1C1CCC1. The Kier molecular flexibility index (Phi) is 1.26. The molecule has 1 heteroatoms. The van der Waals surface area contributed by atoms with Gasteiger partial charge in [0, 0.05) is 6.04 Å². The Balaban J connectivity index is 1.76. The van der Waals surface area contributed by atoms with Crippen molar-refractivity contribution in [2.24, 2.45) is 11.8 Å². The lowest BCUT2D eigenvalue weighted by Crippen LogP contribution is -2.20. The zero-order valence-corrected chi connectivity index (χ0v) is 6.06. The highest BCUT2D eigenvalue weighted by Crippen LogP contribution is 2.46. The third kappa shape index (κ3) is 0.877. The third-order valence-corrected chi connectivity index (χ3v) is 2.97. The average molecular weight is 125 g/mol. The monoisotopic (exact) mass is 125 g/mol. The largest absolute Gasteiger partial charge is 0.317 e. The van der Waals surface area contributed by atoms with E-state index in [0.717, 1.165) is 17.9 Å². The van der Waals surface area contributed by atoms with E-state index in [0.29, 0.717) is 0 Å². The molecule has 0 amide bonds. The molecule has 0 radical (unpaired) electrons. The molecule has 0 aromatic carbocycles. The first kappa shape index (κ1) is 5.72. The maximum Gasteiger partial charge on any atom is 0.00988 e. The lowest BCUT2D eigenvalue weighted by molar-refractivity contribution is 0.270. The Hall–Kier alpha value is -0.0400. The fourth-order valence-electron chi connectivity index (χ4n) is 1.94. The Morgan fingerprint density at radius 1 is 1.33 bits per heavy atom. The van der Waals surface area contributed by atoms with Gasteiger partial charge in [0.25, 0.3) is 0 Å². The first-order valence-corrected chi connectivity index (χ1v) is 4.09. The van der Waals surface area contributed by atoms with Crippen LogP contribution in [0, 0.1) is 11.8 Å². The maximum absolute atomic E-state index is 3.34. The first-order chi connectivity index (χ1) is 4.42. The average Bonchev–Trinajstić information content (AvgIpc) is 2.42. The molecule has 1 N–H and O–H groups in total. The standard InChI is InChI=1S/C8H15N/c1-9-8-5-7(8)6-3-2-4-6/h6-9H,2-5H2,1H3. The van der Waals surface area contributed by atoms with Crippen LogP contribution >= 0.6 is 0 Å². The lowest BCUT2D eigenvalue weighted by atomic mass is 9.81. The molecular weight excluding hydrogens is 110 g/mol. The molecule has 0 saturated heterocycles. The Morgan fingerprint density at radius 2 is 2.11 bits per heavy atom. The predicted molar refractivity (Wildman–Crippen MR) is 38.3 cm³/mol. The van der Waals surface area contributed by atoms with Crippen LogP contribution in [-0.2, 0) is 0 Å². The van der Waals surface area contributed by atoms with Crippen molar-refractivity contribution in [3.8, 4) is 0 Å². The summed E-state index contributed by atoms with van der Waals surface area (Å²) < 4.78 is 0. The van der Waals surface area contributed by atoms with Crippen molar-refractivity contribution in [1.82, 2.24) is 5.32 Å². The zero-order valence-electron chi connectivity index (χ0n) is 6.06.